The van der Waals surface area contributed by atoms with Crippen LogP contribution in [-0.2, 0) is 19.6 Å². The fourth-order valence-corrected chi connectivity index (χ4v) is 2.31. The van der Waals surface area contributed by atoms with Crippen molar-refractivity contribution in [2.45, 2.75) is 26.6 Å². The van der Waals surface area contributed by atoms with Gasteiger partial charge < -0.3 is 14.1 Å². The fraction of sp³-hybridized carbons (Fsp3) is 0.417. The lowest BCUT2D eigenvalue weighted by atomic mass is 10.2. The first-order valence-electron chi connectivity index (χ1n) is 6.05. The van der Waals surface area contributed by atoms with Crippen molar-refractivity contribution in [3.63, 3.8) is 0 Å². The Hall–Kier alpha value is -2.15. The maximum atomic E-state index is 10.9. The van der Waals surface area contributed by atoms with E-state index in [0.29, 0.717) is 24.4 Å². The molecule has 0 radical (unpaired) electrons. The summed E-state index contributed by atoms with van der Waals surface area (Å²) >= 11 is 0. The van der Waals surface area contributed by atoms with Crippen LogP contribution >= 0.6 is 0 Å². The molecule has 2 aromatic heterocycles. The second-order valence-electron chi connectivity index (χ2n) is 4.68. The molecule has 1 N–H and O–H groups in total. The molecule has 0 aromatic carbocycles. The van der Waals surface area contributed by atoms with Gasteiger partial charge in [-0.3, -0.25) is 4.90 Å². The third kappa shape index (κ3) is 2.24. The number of fused-ring (bicyclic) bond motifs is 1. The highest BCUT2D eigenvalue weighted by atomic mass is 16.4. The number of nitrogens with zero attached hydrogens (tertiary/aromatic N) is 4. The van der Waals surface area contributed by atoms with E-state index in [9.17, 15) is 4.79 Å². The summed E-state index contributed by atoms with van der Waals surface area (Å²) < 4.78 is 7.38. The highest BCUT2D eigenvalue weighted by Crippen LogP contribution is 2.18. The van der Waals surface area contributed by atoms with Gasteiger partial charge in [-0.15, -0.1) is 10.2 Å². The molecule has 0 amide bonds. The van der Waals surface area contributed by atoms with E-state index in [0.717, 1.165) is 18.9 Å². The van der Waals surface area contributed by atoms with Crippen molar-refractivity contribution in [2.24, 2.45) is 0 Å². The Kier molecular flexibility index (Phi) is 2.83. The van der Waals surface area contributed by atoms with E-state index < -0.39 is 5.97 Å². The first kappa shape index (κ1) is 11.9. The summed E-state index contributed by atoms with van der Waals surface area (Å²) in [5.41, 5.74) is 0.655. The predicted octanol–water partition coefficient (Wildman–Crippen LogP) is 0.894. The SMILES string of the molecule is Cc1cc(CN2CCn3cnnc3C2)oc1C(=O)O. The van der Waals surface area contributed by atoms with Crippen LogP contribution in [-0.4, -0.2) is 37.3 Å². The highest BCUT2D eigenvalue weighted by Gasteiger charge is 2.20. The van der Waals surface area contributed by atoms with Crippen molar-refractivity contribution >= 4 is 5.97 Å². The molecule has 100 valence electrons. The molecule has 0 saturated heterocycles. The van der Waals surface area contributed by atoms with E-state index in [1.807, 2.05) is 4.57 Å². The molecule has 0 spiro atoms. The third-order valence-corrected chi connectivity index (χ3v) is 3.26. The minimum absolute atomic E-state index is 0.0233. The second-order valence-corrected chi connectivity index (χ2v) is 4.68. The van der Waals surface area contributed by atoms with E-state index in [4.69, 9.17) is 9.52 Å². The number of carboxylic acids is 1. The second kappa shape index (κ2) is 4.51. The number of hydrogen-bond donors (Lipinski definition) is 1. The summed E-state index contributed by atoms with van der Waals surface area (Å²) in [6.07, 6.45) is 1.73. The number of carboxylic acid groups (broad SMARTS) is 1. The van der Waals surface area contributed by atoms with Gasteiger partial charge in [0.25, 0.3) is 0 Å². The first-order chi connectivity index (χ1) is 9.13. The highest BCUT2D eigenvalue weighted by molar-refractivity contribution is 5.86. The minimum Gasteiger partial charge on any atom is -0.475 e. The Bertz CT molecular complexity index is 616. The monoisotopic (exact) mass is 262 g/mol. The van der Waals surface area contributed by atoms with Crippen LogP contribution in [0.4, 0.5) is 0 Å². The van der Waals surface area contributed by atoms with Crippen LogP contribution in [0.25, 0.3) is 0 Å². The molecule has 1 aliphatic rings. The summed E-state index contributed by atoms with van der Waals surface area (Å²) in [6, 6.07) is 1.78. The van der Waals surface area contributed by atoms with E-state index in [2.05, 4.69) is 15.1 Å². The van der Waals surface area contributed by atoms with E-state index in [1.54, 1.807) is 19.3 Å². The van der Waals surface area contributed by atoms with E-state index >= 15 is 0 Å². The van der Waals surface area contributed by atoms with Gasteiger partial charge >= 0.3 is 5.97 Å². The molecule has 1 aliphatic heterocycles. The smallest absolute Gasteiger partial charge is 0.372 e. The zero-order valence-corrected chi connectivity index (χ0v) is 10.5. The molecule has 0 saturated carbocycles. The zero-order valence-electron chi connectivity index (χ0n) is 10.5. The van der Waals surface area contributed by atoms with Crippen molar-refractivity contribution in [1.82, 2.24) is 19.7 Å². The average Bonchev–Trinajstić information content (AvgIpc) is 2.95. The molecule has 19 heavy (non-hydrogen) atoms. The zero-order chi connectivity index (χ0) is 13.4. The van der Waals surface area contributed by atoms with Crippen LogP contribution in [0.1, 0.15) is 27.7 Å². The van der Waals surface area contributed by atoms with Gasteiger partial charge in [0.15, 0.2) is 0 Å². The Labute approximate surface area is 109 Å². The molecule has 0 bridgehead atoms. The van der Waals surface area contributed by atoms with Gasteiger partial charge in [0.1, 0.15) is 17.9 Å². The summed E-state index contributed by atoms with van der Waals surface area (Å²) in [5, 5.41) is 16.9. The lowest BCUT2D eigenvalue weighted by molar-refractivity contribution is 0.0656. The van der Waals surface area contributed by atoms with Gasteiger partial charge in [-0.2, -0.15) is 0 Å². The van der Waals surface area contributed by atoms with Crippen LogP contribution in [0.2, 0.25) is 0 Å². The molecule has 0 unspecified atom stereocenters. The van der Waals surface area contributed by atoms with Crippen molar-refractivity contribution in [2.75, 3.05) is 6.54 Å². The number of rotatable bonds is 3. The summed E-state index contributed by atoms with van der Waals surface area (Å²) in [5.74, 6) is 0.591. The van der Waals surface area contributed by atoms with Gasteiger partial charge in [-0.05, 0) is 13.0 Å². The number of hydrogen-bond acceptors (Lipinski definition) is 5. The Morgan fingerprint density at radius 3 is 3.11 bits per heavy atom. The van der Waals surface area contributed by atoms with Crippen molar-refractivity contribution < 1.29 is 14.3 Å². The molecular formula is C12H14N4O3. The van der Waals surface area contributed by atoms with Crippen LogP contribution < -0.4 is 0 Å². The maximum Gasteiger partial charge on any atom is 0.372 e. The summed E-state index contributed by atoms with van der Waals surface area (Å²) in [6.45, 7) is 4.73. The maximum absolute atomic E-state index is 10.9. The molecule has 0 fully saturated rings. The number of aromatic carboxylic acids is 1. The third-order valence-electron chi connectivity index (χ3n) is 3.26. The average molecular weight is 262 g/mol. The fourth-order valence-electron chi connectivity index (χ4n) is 2.31. The van der Waals surface area contributed by atoms with Crippen LogP contribution in [0.3, 0.4) is 0 Å². The largest absolute Gasteiger partial charge is 0.475 e. The number of carbonyl (C=O) groups is 1. The van der Waals surface area contributed by atoms with E-state index in [1.165, 1.54) is 0 Å². The van der Waals surface area contributed by atoms with Crippen LogP contribution in [0.5, 0.6) is 0 Å². The standard InChI is InChI=1S/C12H14N4O3/c1-8-4-9(19-11(8)12(17)18)5-15-2-3-16-7-13-14-10(16)6-15/h4,7H,2-3,5-6H2,1H3,(H,17,18). The molecule has 7 heteroatoms. The topological polar surface area (TPSA) is 84.4 Å². The van der Waals surface area contributed by atoms with Gasteiger partial charge in [-0.1, -0.05) is 0 Å². The normalized spacial score (nSPS) is 15.4. The number of aromatic nitrogens is 3. The van der Waals surface area contributed by atoms with Crippen molar-refractivity contribution in [3.05, 3.63) is 35.3 Å². The first-order valence-corrected chi connectivity index (χ1v) is 6.05. The number of aryl methyl sites for hydroxylation is 1. The Morgan fingerprint density at radius 1 is 1.53 bits per heavy atom. The summed E-state index contributed by atoms with van der Waals surface area (Å²) in [4.78, 5) is 13.1. The van der Waals surface area contributed by atoms with Crippen LogP contribution in [0.15, 0.2) is 16.8 Å². The minimum atomic E-state index is -1.03. The lowest BCUT2D eigenvalue weighted by Gasteiger charge is -2.25. The predicted molar refractivity (Wildman–Crippen MR) is 64.5 cm³/mol. The Morgan fingerprint density at radius 2 is 2.37 bits per heavy atom. The van der Waals surface area contributed by atoms with Crippen molar-refractivity contribution in [3.8, 4) is 0 Å². The van der Waals surface area contributed by atoms with Gasteiger partial charge in [0.05, 0.1) is 13.1 Å². The molecule has 2 aromatic rings. The quantitative estimate of drug-likeness (QED) is 0.884. The van der Waals surface area contributed by atoms with Gasteiger partial charge in [0, 0.05) is 18.7 Å². The molecule has 0 aliphatic carbocycles. The molecular weight excluding hydrogens is 248 g/mol. The van der Waals surface area contributed by atoms with E-state index in [-0.39, 0.29) is 5.76 Å². The Balaban J connectivity index is 1.73. The molecule has 0 atom stereocenters. The lowest BCUT2D eigenvalue weighted by Crippen LogP contribution is -2.33. The molecule has 3 rings (SSSR count). The van der Waals surface area contributed by atoms with Gasteiger partial charge in [0.2, 0.25) is 5.76 Å². The van der Waals surface area contributed by atoms with Crippen molar-refractivity contribution in [1.29, 1.82) is 0 Å². The van der Waals surface area contributed by atoms with Gasteiger partial charge in [-0.25, -0.2) is 4.79 Å². The summed E-state index contributed by atoms with van der Waals surface area (Å²) in [7, 11) is 0. The molecule has 7 nitrogen and oxygen atoms in total. The molecule has 3 heterocycles. The van der Waals surface area contributed by atoms with Crippen LogP contribution in [0, 0.1) is 6.92 Å². The number of furan rings is 1.